The van der Waals surface area contributed by atoms with Crippen LogP contribution in [0.15, 0.2) is 48.5 Å². The second-order valence-electron chi connectivity index (χ2n) is 5.45. The van der Waals surface area contributed by atoms with E-state index in [1.165, 1.54) is 22.3 Å². The molecule has 4 heteroatoms. The Morgan fingerprint density at radius 2 is 1.68 bits per heavy atom. The standard InChI is InChI=1S/C18H19NO2S/c1-22-11-10-16(18(20)21)19-17-14-8-4-2-6-12(14)13-7-3-5-9-15(13)17/h2-9,16-17,19H,10-11H2,1H3,(H,20,21)/t16-/m0/s1. The normalized spacial score (nSPS) is 14.4. The number of thioether (sulfide) groups is 1. The van der Waals surface area contributed by atoms with Gasteiger partial charge in [0.1, 0.15) is 6.04 Å². The number of carboxylic acid groups (broad SMARTS) is 1. The van der Waals surface area contributed by atoms with E-state index in [9.17, 15) is 9.90 Å². The molecule has 0 radical (unpaired) electrons. The Bertz CT molecular complexity index is 641. The number of carbonyl (C=O) groups is 1. The zero-order valence-corrected chi connectivity index (χ0v) is 13.3. The second-order valence-corrected chi connectivity index (χ2v) is 6.43. The molecule has 0 amide bonds. The number of fused-ring (bicyclic) bond motifs is 3. The lowest BCUT2D eigenvalue weighted by Crippen LogP contribution is -2.39. The SMILES string of the molecule is CSCC[C@H](NC1c2ccccc2-c2ccccc21)C(=O)O. The van der Waals surface area contributed by atoms with Gasteiger partial charge in [-0.3, -0.25) is 10.1 Å². The lowest BCUT2D eigenvalue weighted by Gasteiger charge is -2.21. The second kappa shape index (κ2) is 6.55. The van der Waals surface area contributed by atoms with E-state index < -0.39 is 12.0 Å². The molecular formula is C18H19NO2S. The topological polar surface area (TPSA) is 49.3 Å². The molecule has 1 aliphatic carbocycles. The van der Waals surface area contributed by atoms with Crippen molar-refractivity contribution >= 4 is 17.7 Å². The number of nitrogens with one attached hydrogen (secondary N) is 1. The molecule has 0 heterocycles. The Morgan fingerprint density at radius 3 is 2.18 bits per heavy atom. The predicted molar refractivity (Wildman–Crippen MR) is 91.3 cm³/mol. The van der Waals surface area contributed by atoms with E-state index >= 15 is 0 Å². The molecule has 3 nitrogen and oxygen atoms in total. The average Bonchev–Trinajstić information content (AvgIpc) is 2.85. The van der Waals surface area contributed by atoms with Crippen LogP contribution in [-0.2, 0) is 4.79 Å². The third kappa shape index (κ3) is 2.76. The van der Waals surface area contributed by atoms with E-state index in [1.807, 2.05) is 30.5 Å². The van der Waals surface area contributed by atoms with Crippen molar-refractivity contribution in [3.8, 4) is 11.1 Å². The van der Waals surface area contributed by atoms with Gasteiger partial charge in [-0.1, -0.05) is 48.5 Å². The lowest BCUT2D eigenvalue weighted by molar-refractivity contribution is -0.139. The summed E-state index contributed by atoms with van der Waals surface area (Å²) < 4.78 is 0. The van der Waals surface area contributed by atoms with E-state index in [0.29, 0.717) is 6.42 Å². The molecule has 0 spiro atoms. The fourth-order valence-electron chi connectivity index (χ4n) is 3.05. The summed E-state index contributed by atoms with van der Waals surface area (Å²) in [6.07, 6.45) is 2.62. The summed E-state index contributed by atoms with van der Waals surface area (Å²) in [6.45, 7) is 0. The summed E-state index contributed by atoms with van der Waals surface area (Å²) in [6, 6.07) is 15.9. The van der Waals surface area contributed by atoms with Crippen LogP contribution in [0, 0.1) is 0 Å². The van der Waals surface area contributed by atoms with Gasteiger partial charge >= 0.3 is 5.97 Å². The first-order chi connectivity index (χ1) is 10.7. The molecule has 114 valence electrons. The molecule has 0 aromatic heterocycles. The van der Waals surface area contributed by atoms with Gasteiger partial charge < -0.3 is 5.11 Å². The molecular weight excluding hydrogens is 294 g/mol. The fourth-order valence-corrected chi connectivity index (χ4v) is 3.52. The summed E-state index contributed by atoms with van der Waals surface area (Å²) in [5.74, 6) is 0.0518. The minimum Gasteiger partial charge on any atom is -0.480 e. The van der Waals surface area contributed by atoms with Crippen molar-refractivity contribution in [2.24, 2.45) is 0 Å². The molecule has 1 atom stereocenters. The lowest BCUT2D eigenvalue weighted by atomic mass is 10.0. The maximum atomic E-state index is 11.5. The Kier molecular flexibility index (Phi) is 4.50. The summed E-state index contributed by atoms with van der Waals surface area (Å²) in [5, 5.41) is 12.8. The van der Waals surface area contributed by atoms with Crippen LogP contribution in [0.4, 0.5) is 0 Å². The molecule has 0 bridgehead atoms. The van der Waals surface area contributed by atoms with Crippen molar-refractivity contribution in [2.75, 3.05) is 12.0 Å². The average molecular weight is 313 g/mol. The summed E-state index contributed by atoms with van der Waals surface area (Å²) in [5.41, 5.74) is 4.73. The first-order valence-corrected chi connectivity index (χ1v) is 8.77. The highest BCUT2D eigenvalue weighted by atomic mass is 32.2. The van der Waals surface area contributed by atoms with Crippen LogP contribution in [0.3, 0.4) is 0 Å². The molecule has 0 aliphatic heterocycles. The predicted octanol–water partition coefficient (Wildman–Crippen LogP) is 3.55. The third-order valence-electron chi connectivity index (χ3n) is 4.11. The molecule has 2 aromatic carbocycles. The van der Waals surface area contributed by atoms with Crippen LogP contribution in [0.1, 0.15) is 23.6 Å². The first kappa shape index (κ1) is 15.1. The van der Waals surface area contributed by atoms with Crippen LogP contribution in [0.2, 0.25) is 0 Å². The number of hydrogen-bond acceptors (Lipinski definition) is 3. The van der Waals surface area contributed by atoms with E-state index in [1.54, 1.807) is 11.8 Å². The first-order valence-electron chi connectivity index (χ1n) is 7.38. The molecule has 22 heavy (non-hydrogen) atoms. The van der Waals surface area contributed by atoms with Gasteiger partial charge in [0.2, 0.25) is 0 Å². The third-order valence-corrected chi connectivity index (χ3v) is 4.75. The Hall–Kier alpha value is -1.78. The van der Waals surface area contributed by atoms with E-state index in [4.69, 9.17) is 0 Å². The Labute approximate surface area is 134 Å². The highest BCUT2D eigenvalue weighted by Gasteiger charge is 2.31. The van der Waals surface area contributed by atoms with Crippen LogP contribution in [0.5, 0.6) is 0 Å². The number of benzene rings is 2. The van der Waals surface area contributed by atoms with Gasteiger partial charge in [-0.15, -0.1) is 0 Å². The van der Waals surface area contributed by atoms with Crippen molar-refractivity contribution in [1.29, 1.82) is 0 Å². The van der Waals surface area contributed by atoms with Crippen molar-refractivity contribution in [3.63, 3.8) is 0 Å². The van der Waals surface area contributed by atoms with Crippen molar-refractivity contribution in [2.45, 2.75) is 18.5 Å². The van der Waals surface area contributed by atoms with Crippen LogP contribution >= 0.6 is 11.8 Å². The maximum Gasteiger partial charge on any atom is 0.320 e. The molecule has 3 rings (SSSR count). The quantitative estimate of drug-likeness (QED) is 0.856. The maximum absolute atomic E-state index is 11.5. The van der Waals surface area contributed by atoms with E-state index in [0.717, 1.165) is 5.75 Å². The van der Waals surface area contributed by atoms with Gasteiger partial charge in [0.25, 0.3) is 0 Å². The van der Waals surface area contributed by atoms with Crippen LogP contribution in [0.25, 0.3) is 11.1 Å². The molecule has 0 saturated heterocycles. The number of hydrogen-bond donors (Lipinski definition) is 2. The zero-order chi connectivity index (χ0) is 15.5. The molecule has 0 unspecified atom stereocenters. The molecule has 0 saturated carbocycles. The van der Waals surface area contributed by atoms with Crippen LogP contribution in [-0.4, -0.2) is 29.1 Å². The van der Waals surface area contributed by atoms with Gasteiger partial charge in [0.05, 0.1) is 6.04 Å². The van der Waals surface area contributed by atoms with Crippen molar-refractivity contribution < 1.29 is 9.90 Å². The highest BCUT2D eigenvalue weighted by molar-refractivity contribution is 7.98. The molecule has 2 N–H and O–H groups in total. The number of aliphatic carboxylic acids is 1. The molecule has 0 fully saturated rings. The largest absolute Gasteiger partial charge is 0.480 e. The minimum atomic E-state index is -0.782. The highest BCUT2D eigenvalue weighted by Crippen LogP contribution is 2.43. The van der Waals surface area contributed by atoms with E-state index in [2.05, 4.69) is 29.6 Å². The van der Waals surface area contributed by atoms with Gasteiger partial charge in [0, 0.05) is 0 Å². The van der Waals surface area contributed by atoms with Crippen molar-refractivity contribution in [3.05, 3.63) is 59.7 Å². The Morgan fingerprint density at radius 1 is 1.14 bits per heavy atom. The fraction of sp³-hybridized carbons (Fsp3) is 0.278. The summed E-state index contributed by atoms with van der Waals surface area (Å²) in [7, 11) is 0. The number of carboxylic acids is 1. The van der Waals surface area contributed by atoms with E-state index in [-0.39, 0.29) is 6.04 Å². The van der Waals surface area contributed by atoms with Gasteiger partial charge in [-0.25, -0.2) is 0 Å². The molecule has 2 aromatic rings. The van der Waals surface area contributed by atoms with Gasteiger partial charge in [0.15, 0.2) is 0 Å². The molecule has 1 aliphatic rings. The number of rotatable bonds is 6. The minimum absolute atomic E-state index is 0.0460. The van der Waals surface area contributed by atoms with Gasteiger partial charge in [-0.2, -0.15) is 11.8 Å². The summed E-state index contributed by atoms with van der Waals surface area (Å²) in [4.78, 5) is 11.5. The summed E-state index contributed by atoms with van der Waals surface area (Å²) >= 11 is 1.67. The van der Waals surface area contributed by atoms with Crippen LogP contribution < -0.4 is 5.32 Å². The van der Waals surface area contributed by atoms with Crippen molar-refractivity contribution in [1.82, 2.24) is 5.32 Å². The zero-order valence-electron chi connectivity index (χ0n) is 12.5. The monoisotopic (exact) mass is 313 g/mol. The van der Waals surface area contributed by atoms with Gasteiger partial charge in [-0.05, 0) is 40.7 Å². The smallest absolute Gasteiger partial charge is 0.320 e. The Balaban J connectivity index is 1.94.